The molecular weight excluding hydrogens is 136 g/mol. The molecule has 1 rings (SSSR count). The molecule has 0 spiro atoms. The molecule has 0 aliphatic heterocycles. The third-order valence-corrected chi connectivity index (χ3v) is 2.12. The molecule has 0 amide bonds. The van der Waals surface area contributed by atoms with Gasteiger partial charge in [0.2, 0.25) is 0 Å². The minimum Gasteiger partial charge on any atom is -0.295 e. The van der Waals surface area contributed by atoms with E-state index in [0.717, 1.165) is 12.0 Å². The Hall–Kier alpha value is -0.850. The molecule has 0 radical (unpaired) electrons. The first-order chi connectivity index (χ1) is 5.09. The van der Waals surface area contributed by atoms with E-state index in [4.69, 9.17) is 0 Å². The minimum absolute atomic E-state index is 0.252. The first-order valence-electron chi connectivity index (χ1n) is 3.95. The van der Waals surface area contributed by atoms with Gasteiger partial charge in [-0.05, 0) is 32.3 Å². The summed E-state index contributed by atoms with van der Waals surface area (Å²) in [6.07, 6.45) is 3.42. The highest BCUT2D eigenvalue weighted by molar-refractivity contribution is 5.91. The third kappa shape index (κ3) is 2.04. The van der Waals surface area contributed by atoms with Crippen molar-refractivity contribution in [1.29, 1.82) is 0 Å². The van der Waals surface area contributed by atoms with E-state index < -0.39 is 0 Å². The zero-order valence-electron chi connectivity index (χ0n) is 7.18. The number of hydrogen-bond acceptors (Lipinski definition) is 1. The molecule has 1 atom stereocenters. The lowest BCUT2D eigenvalue weighted by Crippen LogP contribution is -2.13. The Balaban J connectivity index is 2.72. The summed E-state index contributed by atoms with van der Waals surface area (Å²) >= 11 is 0. The van der Waals surface area contributed by atoms with Crippen LogP contribution in [0, 0.1) is 5.92 Å². The second kappa shape index (κ2) is 3.04. The molecule has 0 aromatic rings. The molecule has 1 heteroatoms. The van der Waals surface area contributed by atoms with E-state index in [9.17, 15) is 4.79 Å². The predicted octanol–water partition coefficient (Wildman–Crippen LogP) is 2.49. The van der Waals surface area contributed by atoms with Gasteiger partial charge in [-0.25, -0.2) is 0 Å². The molecule has 0 bridgehead atoms. The minimum atomic E-state index is 0.252. The van der Waals surface area contributed by atoms with E-state index in [1.807, 2.05) is 13.8 Å². The van der Waals surface area contributed by atoms with Gasteiger partial charge in [0, 0.05) is 6.42 Å². The fourth-order valence-corrected chi connectivity index (χ4v) is 1.44. The van der Waals surface area contributed by atoms with Crippen LogP contribution in [0.1, 0.15) is 26.7 Å². The monoisotopic (exact) mass is 150 g/mol. The lowest BCUT2D eigenvalue weighted by Gasteiger charge is -2.19. The fraction of sp³-hybridized carbons (Fsp3) is 0.500. The molecule has 0 N–H and O–H groups in total. The Morgan fingerprint density at radius 1 is 1.64 bits per heavy atom. The Labute approximate surface area is 67.8 Å². The molecule has 0 saturated heterocycles. The van der Waals surface area contributed by atoms with Gasteiger partial charge in [0.05, 0.1) is 0 Å². The van der Waals surface area contributed by atoms with Crippen LogP contribution in [0.4, 0.5) is 0 Å². The van der Waals surface area contributed by atoms with Crippen molar-refractivity contribution in [3.63, 3.8) is 0 Å². The molecular formula is C10H14O. The SMILES string of the molecule is C=C(C)[C@H]1CC(=O)C=C(C)C1. The summed E-state index contributed by atoms with van der Waals surface area (Å²) in [6.45, 7) is 7.87. The summed E-state index contributed by atoms with van der Waals surface area (Å²) < 4.78 is 0. The summed E-state index contributed by atoms with van der Waals surface area (Å²) in [5.41, 5.74) is 2.32. The smallest absolute Gasteiger partial charge is 0.156 e. The molecule has 1 nitrogen and oxygen atoms in total. The maximum absolute atomic E-state index is 11.1. The van der Waals surface area contributed by atoms with Crippen molar-refractivity contribution in [1.82, 2.24) is 0 Å². The summed E-state index contributed by atoms with van der Waals surface area (Å²) in [6, 6.07) is 0. The molecule has 1 aliphatic carbocycles. The molecule has 1 aliphatic rings. The Bertz CT molecular complexity index is 223. The van der Waals surface area contributed by atoms with Crippen molar-refractivity contribution in [2.45, 2.75) is 26.7 Å². The summed E-state index contributed by atoms with van der Waals surface area (Å²) in [7, 11) is 0. The third-order valence-electron chi connectivity index (χ3n) is 2.12. The van der Waals surface area contributed by atoms with Gasteiger partial charge in [0.25, 0.3) is 0 Å². The van der Waals surface area contributed by atoms with Crippen LogP contribution >= 0.6 is 0 Å². The van der Waals surface area contributed by atoms with Crippen molar-refractivity contribution >= 4 is 5.78 Å². The van der Waals surface area contributed by atoms with E-state index in [0.29, 0.717) is 12.3 Å². The van der Waals surface area contributed by atoms with Crippen LogP contribution in [-0.4, -0.2) is 5.78 Å². The highest BCUT2D eigenvalue weighted by Gasteiger charge is 2.18. The predicted molar refractivity (Wildman–Crippen MR) is 46.3 cm³/mol. The largest absolute Gasteiger partial charge is 0.295 e. The van der Waals surface area contributed by atoms with Gasteiger partial charge < -0.3 is 0 Å². The van der Waals surface area contributed by atoms with Gasteiger partial charge in [0.15, 0.2) is 5.78 Å². The molecule has 0 aromatic carbocycles. The van der Waals surface area contributed by atoms with Gasteiger partial charge in [-0.3, -0.25) is 4.79 Å². The first-order valence-corrected chi connectivity index (χ1v) is 3.95. The molecule has 0 heterocycles. The van der Waals surface area contributed by atoms with E-state index in [-0.39, 0.29) is 5.78 Å². The molecule has 0 unspecified atom stereocenters. The van der Waals surface area contributed by atoms with Crippen molar-refractivity contribution in [3.05, 3.63) is 23.8 Å². The van der Waals surface area contributed by atoms with Crippen LogP contribution in [0.3, 0.4) is 0 Å². The zero-order valence-corrected chi connectivity index (χ0v) is 7.18. The maximum Gasteiger partial charge on any atom is 0.156 e. The molecule has 0 aromatic heterocycles. The highest BCUT2D eigenvalue weighted by atomic mass is 16.1. The van der Waals surface area contributed by atoms with Crippen LogP contribution in [0.5, 0.6) is 0 Å². The van der Waals surface area contributed by atoms with Crippen LogP contribution in [-0.2, 0) is 4.79 Å². The van der Waals surface area contributed by atoms with Crippen LogP contribution in [0.25, 0.3) is 0 Å². The van der Waals surface area contributed by atoms with Gasteiger partial charge >= 0.3 is 0 Å². The maximum atomic E-state index is 11.1. The molecule has 0 fully saturated rings. The van der Waals surface area contributed by atoms with Crippen molar-refractivity contribution in [3.8, 4) is 0 Å². The fourth-order valence-electron chi connectivity index (χ4n) is 1.44. The number of hydrogen-bond donors (Lipinski definition) is 0. The summed E-state index contributed by atoms with van der Waals surface area (Å²) in [5.74, 6) is 0.647. The van der Waals surface area contributed by atoms with Crippen molar-refractivity contribution < 1.29 is 4.79 Å². The second-order valence-corrected chi connectivity index (χ2v) is 3.41. The highest BCUT2D eigenvalue weighted by Crippen LogP contribution is 2.26. The number of carbonyl (C=O) groups excluding carboxylic acids is 1. The Morgan fingerprint density at radius 3 is 2.73 bits per heavy atom. The Kier molecular flexibility index (Phi) is 2.28. The average Bonchev–Trinajstić information content (AvgIpc) is 1.85. The first kappa shape index (κ1) is 8.25. The standard InChI is InChI=1S/C10H14O/c1-7(2)9-4-8(3)5-10(11)6-9/h5,9H,1,4,6H2,2-3H3/t9-/m1/s1. The quantitative estimate of drug-likeness (QED) is 0.525. The Morgan fingerprint density at radius 2 is 2.27 bits per heavy atom. The molecule has 60 valence electrons. The summed E-state index contributed by atoms with van der Waals surface area (Å²) in [4.78, 5) is 11.1. The van der Waals surface area contributed by atoms with Gasteiger partial charge in [0.1, 0.15) is 0 Å². The molecule has 11 heavy (non-hydrogen) atoms. The average molecular weight is 150 g/mol. The van der Waals surface area contributed by atoms with E-state index >= 15 is 0 Å². The van der Waals surface area contributed by atoms with E-state index in [1.54, 1.807) is 6.08 Å². The number of allylic oxidation sites excluding steroid dienone is 3. The zero-order chi connectivity index (χ0) is 8.43. The van der Waals surface area contributed by atoms with Crippen LogP contribution < -0.4 is 0 Å². The summed E-state index contributed by atoms with van der Waals surface area (Å²) in [5, 5.41) is 0. The van der Waals surface area contributed by atoms with Crippen molar-refractivity contribution in [2.75, 3.05) is 0 Å². The van der Waals surface area contributed by atoms with Crippen LogP contribution in [0.2, 0.25) is 0 Å². The van der Waals surface area contributed by atoms with Gasteiger partial charge in [-0.15, -0.1) is 0 Å². The lowest BCUT2D eigenvalue weighted by atomic mass is 9.85. The normalized spacial score (nSPS) is 24.7. The topological polar surface area (TPSA) is 17.1 Å². The van der Waals surface area contributed by atoms with Crippen LogP contribution in [0.15, 0.2) is 23.8 Å². The van der Waals surface area contributed by atoms with Gasteiger partial charge in [-0.2, -0.15) is 0 Å². The van der Waals surface area contributed by atoms with Crippen molar-refractivity contribution in [2.24, 2.45) is 5.92 Å². The van der Waals surface area contributed by atoms with E-state index in [2.05, 4.69) is 6.58 Å². The van der Waals surface area contributed by atoms with E-state index in [1.165, 1.54) is 5.57 Å². The molecule has 0 saturated carbocycles. The number of ketones is 1. The second-order valence-electron chi connectivity index (χ2n) is 3.41. The van der Waals surface area contributed by atoms with Gasteiger partial charge in [-0.1, -0.05) is 17.7 Å². The number of rotatable bonds is 1. The number of carbonyl (C=O) groups is 1. The lowest BCUT2D eigenvalue weighted by molar-refractivity contribution is -0.115.